The Kier molecular flexibility index (Phi) is 6.87. The Morgan fingerprint density at radius 2 is 1.54 bits per heavy atom. The maximum Gasteiger partial charge on any atom is 0.251 e. The van der Waals surface area contributed by atoms with Gasteiger partial charge >= 0.3 is 0 Å². The van der Waals surface area contributed by atoms with E-state index in [0.717, 1.165) is 5.56 Å². The van der Waals surface area contributed by atoms with Crippen LogP contribution in [-0.4, -0.2) is 42.7 Å². The summed E-state index contributed by atoms with van der Waals surface area (Å²) < 4.78 is 42.2. The largest absolute Gasteiger partial charge is 0.495 e. The summed E-state index contributed by atoms with van der Waals surface area (Å²) in [6.45, 7) is 1.81. The number of amides is 1. The van der Waals surface area contributed by atoms with E-state index in [0.29, 0.717) is 11.5 Å². The van der Waals surface area contributed by atoms with Gasteiger partial charge in [-0.15, -0.1) is 0 Å². The van der Waals surface area contributed by atoms with E-state index < -0.39 is 15.9 Å². The number of methoxy groups -OCH3 is 3. The third-order valence-electron chi connectivity index (χ3n) is 4.24. The Bertz CT molecular complexity index is 959. The Morgan fingerprint density at radius 1 is 0.929 bits per heavy atom. The lowest BCUT2D eigenvalue weighted by atomic mass is 10.1. The molecule has 0 bridgehead atoms. The van der Waals surface area contributed by atoms with Crippen LogP contribution < -0.4 is 24.2 Å². The fourth-order valence-electron chi connectivity index (χ4n) is 2.62. The molecule has 8 nitrogen and oxygen atoms in total. The average Bonchev–Trinajstić information content (AvgIpc) is 2.72. The van der Waals surface area contributed by atoms with E-state index in [4.69, 9.17) is 14.2 Å². The Morgan fingerprint density at radius 3 is 2.11 bits per heavy atom. The molecule has 0 aliphatic rings. The maximum atomic E-state index is 12.7. The molecule has 2 rings (SSSR count). The lowest BCUT2D eigenvalue weighted by Crippen LogP contribution is -2.27. The predicted octanol–water partition coefficient (Wildman–Crippen LogP) is 2.11. The molecule has 0 fully saturated rings. The van der Waals surface area contributed by atoms with Gasteiger partial charge in [0.05, 0.1) is 27.4 Å². The first-order chi connectivity index (χ1) is 13.3. The summed E-state index contributed by atoms with van der Waals surface area (Å²) in [6.07, 6.45) is 0. The normalized spacial score (nSPS) is 12.2. The number of nitrogens with one attached hydrogen (secondary N) is 2. The van der Waals surface area contributed by atoms with Crippen molar-refractivity contribution in [1.29, 1.82) is 0 Å². The van der Waals surface area contributed by atoms with Crippen LogP contribution >= 0.6 is 0 Å². The number of carbonyl (C=O) groups is 1. The van der Waals surface area contributed by atoms with Crippen molar-refractivity contribution in [2.75, 3.05) is 28.4 Å². The van der Waals surface area contributed by atoms with Gasteiger partial charge in [-0.3, -0.25) is 4.79 Å². The van der Waals surface area contributed by atoms with Crippen LogP contribution in [0, 0.1) is 0 Å². The first-order valence-corrected chi connectivity index (χ1v) is 9.90. The topological polar surface area (TPSA) is 103 Å². The summed E-state index contributed by atoms with van der Waals surface area (Å²) in [5, 5.41) is 2.84. The zero-order valence-electron chi connectivity index (χ0n) is 16.4. The van der Waals surface area contributed by atoms with Gasteiger partial charge in [0.15, 0.2) is 11.5 Å². The zero-order valence-corrected chi connectivity index (χ0v) is 17.2. The second kappa shape index (κ2) is 8.94. The standard InChI is InChI=1S/C19H24N2O6S/c1-12(13-6-8-15(25-3)17(10-13)27-5)21-19(22)14-7-9-16(26-4)18(11-14)28(23,24)20-2/h6-12,20H,1-5H3,(H,21,22)/t12-/m1/s1. The highest BCUT2D eigenvalue weighted by atomic mass is 32.2. The third-order valence-corrected chi connectivity index (χ3v) is 5.67. The summed E-state index contributed by atoms with van der Waals surface area (Å²) in [5.74, 6) is 0.867. The molecule has 1 amide bonds. The van der Waals surface area contributed by atoms with Crippen LogP contribution in [-0.2, 0) is 10.0 Å². The number of ether oxygens (including phenoxy) is 3. The fourth-order valence-corrected chi connectivity index (χ4v) is 3.54. The highest BCUT2D eigenvalue weighted by Gasteiger charge is 2.21. The van der Waals surface area contributed by atoms with E-state index in [9.17, 15) is 13.2 Å². The molecule has 0 aliphatic carbocycles. The number of sulfonamides is 1. The molecule has 2 N–H and O–H groups in total. The van der Waals surface area contributed by atoms with Crippen LogP contribution in [0.5, 0.6) is 17.2 Å². The van der Waals surface area contributed by atoms with E-state index in [1.165, 1.54) is 39.5 Å². The second-order valence-electron chi connectivity index (χ2n) is 5.88. The van der Waals surface area contributed by atoms with Crippen molar-refractivity contribution in [3.63, 3.8) is 0 Å². The van der Waals surface area contributed by atoms with Crippen LogP contribution in [0.1, 0.15) is 28.9 Å². The first kappa shape index (κ1) is 21.5. The van der Waals surface area contributed by atoms with Gasteiger partial charge in [0, 0.05) is 5.56 Å². The Labute approximate surface area is 164 Å². The number of carbonyl (C=O) groups excluding carboxylic acids is 1. The van der Waals surface area contributed by atoms with Gasteiger partial charge in [0.25, 0.3) is 5.91 Å². The number of rotatable bonds is 8. The molecule has 28 heavy (non-hydrogen) atoms. The lowest BCUT2D eigenvalue weighted by molar-refractivity contribution is 0.0939. The number of hydrogen-bond donors (Lipinski definition) is 2. The van der Waals surface area contributed by atoms with Crippen molar-refractivity contribution in [3.8, 4) is 17.2 Å². The summed E-state index contributed by atoms with van der Waals surface area (Å²) in [4.78, 5) is 12.5. The zero-order chi connectivity index (χ0) is 20.9. The Balaban J connectivity index is 2.29. The smallest absolute Gasteiger partial charge is 0.251 e. The van der Waals surface area contributed by atoms with Gasteiger partial charge < -0.3 is 19.5 Å². The molecular weight excluding hydrogens is 384 g/mol. The maximum absolute atomic E-state index is 12.7. The summed E-state index contributed by atoms with van der Waals surface area (Å²) in [6, 6.07) is 9.22. The van der Waals surface area contributed by atoms with Gasteiger partial charge in [-0.05, 0) is 49.9 Å². The second-order valence-corrected chi connectivity index (χ2v) is 7.74. The molecule has 0 aliphatic heterocycles. The van der Waals surface area contributed by atoms with Crippen LogP contribution in [0.3, 0.4) is 0 Å². The number of hydrogen-bond acceptors (Lipinski definition) is 6. The molecule has 0 saturated heterocycles. The molecule has 2 aromatic carbocycles. The van der Waals surface area contributed by atoms with Crippen molar-refractivity contribution in [3.05, 3.63) is 47.5 Å². The quantitative estimate of drug-likeness (QED) is 0.694. The molecule has 0 saturated carbocycles. The minimum absolute atomic E-state index is 0.107. The summed E-state index contributed by atoms with van der Waals surface area (Å²) in [5.41, 5.74) is 1.00. The molecule has 0 spiro atoms. The Hall–Kier alpha value is -2.78. The minimum Gasteiger partial charge on any atom is -0.495 e. The lowest BCUT2D eigenvalue weighted by Gasteiger charge is -2.17. The van der Waals surface area contributed by atoms with E-state index >= 15 is 0 Å². The minimum atomic E-state index is -3.78. The van der Waals surface area contributed by atoms with Crippen LogP contribution in [0.2, 0.25) is 0 Å². The molecule has 1 atom stereocenters. The van der Waals surface area contributed by atoms with Crippen molar-refractivity contribution in [1.82, 2.24) is 10.0 Å². The first-order valence-electron chi connectivity index (χ1n) is 8.41. The number of benzene rings is 2. The average molecular weight is 408 g/mol. The molecule has 0 aromatic heterocycles. The highest BCUT2D eigenvalue weighted by Crippen LogP contribution is 2.30. The van der Waals surface area contributed by atoms with Crippen molar-refractivity contribution in [2.24, 2.45) is 0 Å². The van der Waals surface area contributed by atoms with E-state index in [1.807, 2.05) is 13.0 Å². The van der Waals surface area contributed by atoms with Gasteiger partial charge in [-0.1, -0.05) is 6.07 Å². The molecule has 2 aromatic rings. The SMILES string of the molecule is CNS(=O)(=O)c1cc(C(=O)N[C@H](C)c2ccc(OC)c(OC)c2)ccc1OC. The molecule has 152 valence electrons. The fraction of sp³-hybridized carbons (Fsp3) is 0.316. The molecule has 9 heteroatoms. The third kappa shape index (κ3) is 4.55. The molecule has 0 unspecified atom stereocenters. The van der Waals surface area contributed by atoms with Crippen molar-refractivity contribution < 1.29 is 27.4 Å². The van der Waals surface area contributed by atoms with E-state index in [1.54, 1.807) is 19.2 Å². The van der Waals surface area contributed by atoms with Gasteiger partial charge in [0.1, 0.15) is 10.6 Å². The van der Waals surface area contributed by atoms with Crippen LogP contribution in [0.25, 0.3) is 0 Å². The van der Waals surface area contributed by atoms with E-state index in [-0.39, 0.29) is 22.3 Å². The predicted molar refractivity (Wildman–Crippen MR) is 105 cm³/mol. The molecule has 0 radical (unpaired) electrons. The van der Waals surface area contributed by atoms with Crippen molar-refractivity contribution in [2.45, 2.75) is 17.9 Å². The summed E-state index contributed by atoms with van der Waals surface area (Å²) >= 11 is 0. The summed E-state index contributed by atoms with van der Waals surface area (Å²) in [7, 11) is 1.96. The van der Waals surface area contributed by atoms with Crippen LogP contribution in [0.15, 0.2) is 41.3 Å². The van der Waals surface area contributed by atoms with Crippen LogP contribution in [0.4, 0.5) is 0 Å². The monoisotopic (exact) mass is 408 g/mol. The van der Waals surface area contributed by atoms with E-state index in [2.05, 4.69) is 10.0 Å². The van der Waals surface area contributed by atoms with Gasteiger partial charge in [-0.2, -0.15) is 0 Å². The molecular formula is C19H24N2O6S. The highest BCUT2D eigenvalue weighted by molar-refractivity contribution is 7.89. The molecule has 0 heterocycles. The van der Waals surface area contributed by atoms with Gasteiger partial charge in [-0.25, -0.2) is 13.1 Å². The van der Waals surface area contributed by atoms with Crippen molar-refractivity contribution >= 4 is 15.9 Å². The van der Waals surface area contributed by atoms with Gasteiger partial charge in [0.2, 0.25) is 10.0 Å².